The topological polar surface area (TPSA) is 0 Å². The van der Waals surface area contributed by atoms with Gasteiger partial charge < -0.3 is 0 Å². The van der Waals surface area contributed by atoms with Gasteiger partial charge in [-0.15, -0.1) is 0 Å². The lowest BCUT2D eigenvalue weighted by atomic mass is 9.69. The van der Waals surface area contributed by atoms with Crippen molar-refractivity contribution in [3.63, 3.8) is 0 Å². The maximum atomic E-state index is 1.63. The minimum absolute atomic E-state index is 1.13. The van der Waals surface area contributed by atoms with Crippen LogP contribution in [0.25, 0.3) is 0 Å². The lowest BCUT2D eigenvalue weighted by molar-refractivity contribution is 0.146. The van der Waals surface area contributed by atoms with Crippen LogP contribution in [0.15, 0.2) is 0 Å². The van der Waals surface area contributed by atoms with Gasteiger partial charge in [0, 0.05) is 0 Å². The Labute approximate surface area is 138 Å². The maximum Gasteiger partial charge on any atom is -0.0383 e. The zero-order valence-corrected chi connectivity index (χ0v) is 14.8. The van der Waals surface area contributed by atoms with E-state index < -0.39 is 0 Å². The molecule has 0 heteroatoms. The number of hydrogen-bond donors (Lipinski definition) is 0. The molecule has 0 aromatic rings. The average Bonchev–Trinajstić information content (AvgIpc) is 3.28. The van der Waals surface area contributed by atoms with Crippen molar-refractivity contribution in [1.82, 2.24) is 0 Å². The van der Waals surface area contributed by atoms with Crippen molar-refractivity contribution in [3.05, 3.63) is 0 Å². The molecule has 0 N–H and O–H groups in total. The molecule has 0 amide bonds. The summed E-state index contributed by atoms with van der Waals surface area (Å²) in [6.45, 7) is 0. The minimum Gasteiger partial charge on any atom is -0.0533 e. The van der Waals surface area contributed by atoms with Gasteiger partial charge in [0.25, 0.3) is 0 Å². The van der Waals surface area contributed by atoms with Crippen LogP contribution in [-0.4, -0.2) is 0 Å². The summed E-state index contributed by atoms with van der Waals surface area (Å²) < 4.78 is 0. The summed E-state index contributed by atoms with van der Waals surface area (Å²) in [5, 5.41) is 0. The molecule has 4 unspecified atom stereocenters. The lowest BCUT2D eigenvalue weighted by Gasteiger charge is -2.36. The van der Waals surface area contributed by atoms with Crippen LogP contribution in [0.3, 0.4) is 0 Å². The first-order valence-corrected chi connectivity index (χ1v) is 10.9. The maximum absolute atomic E-state index is 1.63. The third kappa shape index (κ3) is 3.41. The van der Waals surface area contributed by atoms with E-state index in [-0.39, 0.29) is 0 Å². The van der Waals surface area contributed by atoms with E-state index in [2.05, 4.69) is 0 Å². The summed E-state index contributed by atoms with van der Waals surface area (Å²) in [6, 6.07) is 0. The molecule has 0 heterocycles. The molecule has 4 saturated carbocycles. The first-order valence-electron chi connectivity index (χ1n) is 10.9. The molecule has 0 aromatic carbocycles. The molecule has 4 fully saturated rings. The molecule has 0 aliphatic heterocycles. The monoisotopic (exact) mass is 302 g/mol. The van der Waals surface area contributed by atoms with Gasteiger partial charge >= 0.3 is 0 Å². The Kier molecular flexibility index (Phi) is 5.13. The smallest absolute Gasteiger partial charge is 0.0383 e. The van der Waals surface area contributed by atoms with E-state index in [1.807, 2.05) is 0 Å². The fraction of sp³-hybridized carbons (Fsp3) is 1.00. The molecule has 4 aliphatic rings. The van der Waals surface area contributed by atoms with Gasteiger partial charge in [0.2, 0.25) is 0 Å². The fourth-order valence-electron chi connectivity index (χ4n) is 7.07. The molecular weight excluding hydrogens is 264 g/mol. The van der Waals surface area contributed by atoms with Crippen LogP contribution in [-0.2, 0) is 0 Å². The van der Waals surface area contributed by atoms with Crippen molar-refractivity contribution in [2.24, 2.45) is 35.5 Å². The molecule has 0 bridgehead atoms. The molecule has 0 radical (unpaired) electrons. The van der Waals surface area contributed by atoms with Crippen LogP contribution in [0.5, 0.6) is 0 Å². The van der Waals surface area contributed by atoms with Crippen molar-refractivity contribution in [1.29, 1.82) is 0 Å². The van der Waals surface area contributed by atoms with E-state index in [0.29, 0.717) is 0 Å². The van der Waals surface area contributed by atoms with Gasteiger partial charge in [-0.25, -0.2) is 0 Å². The Morgan fingerprint density at radius 3 is 1.23 bits per heavy atom. The Morgan fingerprint density at radius 1 is 0.273 bits per heavy atom. The van der Waals surface area contributed by atoms with Crippen molar-refractivity contribution in [2.45, 2.75) is 103 Å². The Bertz CT molecular complexity index is 334. The third-order valence-electron chi connectivity index (χ3n) is 8.32. The van der Waals surface area contributed by atoms with E-state index in [9.17, 15) is 0 Å². The highest BCUT2D eigenvalue weighted by molar-refractivity contribution is 4.89. The summed E-state index contributed by atoms with van der Waals surface area (Å²) in [5.41, 5.74) is 0. The first-order chi connectivity index (χ1) is 10.9. The summed E-state index contributed by atoms with van der Waals surface area (Å²) in [4.78, 5) is 0. The zero-order valence-electron chi connectivity index (χ0n) is 14.8. The largest absolute Gasteiger partial charge is 0.0533 e. The first kappa shape index (κ1) is 15.5. The summed E-state index contributed by atoms with van der Waals surface area (Å²) in [5.74, 6) is 6.81. The second-order valence-corrected chi connectivity index (χ2v) is 9.46. The van der Waals surface area contributed by atoms with Gasteiger partial charge in [-0.2, -0.15) is 0 Å². The van der Waals surface area contributed by atoms with E-state index in [0.717, 1.165) is 35.5 Å². The van der Waals surface area contributed by atoms with Crippen molar-refractivity contribution < 1.29 is 0 Å². The van der Waals surface area contributed by atoms with Gasteiger partial charge in [-0.1, -0.05) is 77.0 Å². The summed E-state index contributed by atoms with van der Waals surface area (Å²) in [6.07, 6.45) is 25.2. The number of hydrogen-bond acceptors (Lipinski definition) is 0. The predicted molar refractivity (Wildman–Crippen MR) is 94.8 cm³/mol. The highest BCUT2D eigenvalue weighted by Gasteiger charge is 2.38. The van der Waals surface area contributed by atoms with Gasteiger partial charge in [-0.3, -0.25) is 0 Å². The van der Waals surface area contributed by atoms with Crippen LogP contribution in [0, 0.1) is 35.5 Å². The number of rotatable bonds is 3. The average molecular weight is 303 g/mol. The van der Waals surface area contributed by atoms with E-state index >= 15 is 0 Å². The molecule has 126 valence electrons. The van der Waals surface area contributed by atoms with E-state index in [1.165, 1.54) is 6.42 Å². The Balaban J connectivity index is 1.30. The molecule has 22 heavy (non-hydrogen) atoms. The third-order valence-corrected chi connectivity index (χ3v) is 8.32. The minimum atomic E-state index is 1.13. The molecule has 4 aliphatic carbocycles. The van der Waals surface area contributed by atoms with E-state index in [4.69, 9.17) is 0 Å². The molecular formula is C22H38. The molecule has 0 aromatic heterocycles. The molecule has 0 saturated heterocycles. The van der Waals surface area contributed by atoms with Crippen molar-refractivity contribution >= 4 is 0 Å². The van der Waals surface area contributed by atoms with Crippen LogP contribution in [0.4, 0.5) is 0 Å². The van der Waals surface area contributed by atoms with Crippen LogP contribution < -0.4 is 0 Å². The fourth-order valence-corrected chi connectivity index (χ4v) is 7.07. The van der Waals surface area contributed by atoms with Crippen molar-refractivity contribution in [3.8, 4) is 0 Å². The molecule has 0 spiro atoms. The van der Waals surface area contributed by atoms with E-state index in [1.54, 1.807) is 96.3 Å². The Hall–Kier alpha value is 0. The Morgan fingerprint density at radius 2 is 0.636 bits per heavy atom. The van der Waals surface area contributed by atoms with Gasteiger partial charge in [-0.05, 0) is 61.2 Å². The highest BCUT2D eigenvalue weighted by atomic mass is 14.4. The molecule has 4 atom stereocenters. The second kappa shape index (κ2) is 7.27. The lowest BCUT2D eigenvalue weighted by Crippen LogP contribution is -2.26. The molecule has 4 rings (SSSR count). The summed E-state index contributed by atoms with van der Waals surface area (Å²) >= 11 is 0. The second-order valence-electron chi connectivity index (χ2n) is 9.46. The predicted octanol–water partition coefficient (Wildman–Crippen LogP) is 6.98. The SMILES string of the molecule is C1CCC(C2CCC(C3CCCC(C4CCCC4)C3)C2)CC1. The van der Waals surface area contributed by atoms with Crippen molar-refractivity contribution in [2.75, 3.05) is 0 Å². The van der Waals surface area contributed by atoms with Gasteiger partial charge in [0.1, 0.15) is 0 Å². The van der Waals surface area contributed by atoms with Gasteiger partial charge in [0.05, 0.1) is 0 Å². The normalized spacial score (nSPS) is 42.0. The van der Waals surface area contributed by atoms with Gasteiger partial charge in [0.15, 0.2) is 0 Å². The molecule has 0 nitrogen and oxygen atoms in total. The zero-order chi connectivity index (χ0) is 14.8. The summed E-state index contributed by atoms with van der Waals surface area (Å²) in [7, 11) is 0. The quantitative estimate of drug-likeness (QED) is 0.527. The standard InChI is InChI=1S/C22H38/c1-2-7-18(8-3-1)21-13-14-22(16-21)20-12-6-11-19(15-20)17-9-4-5-10-17/h17-22H,1-16H2. The van der Waals surface area contributed by atoms with Crippen LogP contribution >= 0.6 is 0 Å². The van der Waals surface area contributed by atoms with Crippen LogP contribution in [0.2, 0.25) is 0 Å². The van der Waals surface area contributed by atoms with Crippen LogP contribution in [0.1, 0.15) is 103 Å². The highest BCUT2D eigenvalue weighted by Crippen LogP contribution is 2.50.